The van der Waals surface area contributed by atoms with Crippen LogP contribution in [0.15, 0.2) is 0 Å². The van der Waals surface area contributed by atoms with Gasteiger partial charge in [-0.1, -0.05) is 13.8 Å². The number of imide groups is 6. The average Bonchev–Trinajstić information content (AvgIpc) is 3.03. The third kappa shape index (κ3) is 4.93. The van der Waals surface area contributed by atoms with E-state index in [1.807, 2.05) is 0 Å². The predicted molar refractivity (Wildman–Crippen MR) is 92.4 cm³/mol. The van der Waals surface area contributed by atoms with Crippen LogP contribution in [-0.2, 0) is 28.7 Å². The maximum atomic E-state index is 11.8. The highest BCUT2D eigenvalue weighted by Gasteiger charge is 2.41. The number of likely N-dealkylation sites (tertiary alicyclic amines) is 2. The average molecular weight is 396 g/mol. The summed E-state index contributed by atoms with van der Waals surface area (Å²) in [6, 6.07) is 0. The lowest BCUT2D eigenvalue weighted by molar-refractivity contribution is -0.138. The van der Waals surface area contributed by atoms with Crippen molar-refractivity contribution in [2.45, 2.75) is 52.4 Å². The molecule has 154 valence electrons. The molecule has 2 fully saturated rings. The molecule has 6 amide bonds. The maximum Gasteiger partial charge on any atom is 0.423 e. The second kappa shape index (κ2) is 9.43. The molecule has 0 aromatic heterocycles. The Morgan fingerprint density at radius 3 is 1.39 bits per heavy atom. The molecule has 0 N–H and O–H groups in total. The van der Waals surface area contributed by atoms with E-state index in [-0.39, 0.29) is 26.1 Å². The molecule has 0 bridgehead atoms. The predicted octanol–water partition coefficient (Wildman–Crippen LogP) is 1.61. The van der Waals surface area contributed by atoms with Gasteiger partial charge in [0, 0.05) is 24.7 Å². The first-order valence-electron chi connectivity index (χ1n) is 9.31. The van der Waals surface area contributed by atoms with E-state index in [4.69, 9.17) is 9.47 Å². The van der Waals surface area contributed by atoms with E-state index in [1.54, 1.807) is 13.8 Å². The smallest absolute Gasteiger partial charge is 0.423 e. The Balaban J connectivity index is 1.54. The van der Waals surface area contributed by atoms with Gasteiger partial charge in [-0.15, -0.1) is 0 Å². The highest BCUT2D eigenvalue weighted by molar-refractivity contribution is 6.14. The van der Waals surface area contributed by atoms with E-state index >= 15 is 0 Å². The van der Waals surface area contributed by atoms with Crippen molar-refractivity contribution in [1.29, 1.82) is 0 Å². The van der Waals surface area contributed by atoms with Gasteiger partial charge in [0.1, 0.15) is 0 Å². The first-order chi connectivity index (χ1) is 13.2. The van der Waals surface area contributed by atoms with E-state index in [0.717, 1.165) is 0 Å². The number of amides is 6. The Bertz CT molecular complexity index is 631. The minimum atomic E-state index is -0.942. The minimum Gasteiger partial charge on any atom is -0.449 e. The van der Waals surface area contributed by atoms with Crippen molar-refractivity contribution >= 4 is 35.8 Å². The Morgan fingerprint density at radius 2 is 1.11 bits per heavy atom. The van der Waals surface area contributed by atoms with E-state index in [9.17, 15) is 28.8 Å². The lowest BCUT2D eigenvalue weighted by atomic mass is 10.1. The fourth-order valence-electron chi connectivity index (χ4n) is 2.96. The summed E-state index contributed by atoms with van der Waals surface area (Å²) in [4.78, 5) is 71.2. The summed E-state index contributed by atoms with van der Waals surface area (Å²) in [6.45, 7) is 3.30. The van der Waals surface area contributed by atoms with Crippen LogP contribution in [0, 0.1) is 11.8 Å². The van der Waals surface area contributed by atoms with Gasteiger partial charge in [-0.3, -0.25) is 19.2 Å². The number of rotatable bonds is 7. The quantitative estimate of drug-likeness (QED) is 0.469. The molecule has 2 rings (SSSR count). The normalized spacial score (nSPS) is 22.2. The second-order valence-electron chi connectivity index (χ2n) is 6.99. The topological polar surface area (TPSA) is 127 Å². The fourth-order valence-corrected chi connectivity index (χ4v) is 2.96. The van der Waals surface area contributed by atoms with E-state index in [2.05, 4.69) is 0 Å². The number of hydrogen-bond acceptors (Lipinski definition) is 8. The van der Waals surface area contributed by atoms with Crippen LogP contribution >= 0.6 is 0 Å². The van der Waals surface area contributed by atoms with Crippen molar-refractivity contribution in [3.63, 3.8) is 0 Å². The van der Waals surface area contributed by atoms with Gasteiger partial charge in [-0.2, -0.15) is 9.80 Å². The summed E-state index contributed by atoms with van der Waals surface area (Å²) in [5.74, 6) is -3.18. The number of unbranched alkanes of at least 4 members (excludes halogenated alkanes) is 3. The summed E-state index contributed by atoms with van der Waals surface area (Å²) in [7, 11) is 0. The van der Waals surface area contributed by atoms with Gasteiger partial charge in [-0.05, 0) is 25.7 Å². The van der Waals surface area contributed by atoms with Crippen LogP contribution in [0.4, 0.5) is 9.59 Å². The number of hydrogen-bond donors (Lipinski definition) is 0. The highest BCUT2D eigenvalue weighted by atomic mass is 16.6. The van der Waals surface area contributed by atoms with Crippen molar-refractivity contribution in [3.8, 4) is 0 Å². The zero-order valence-electron chi connectivity index (χ0n) is 16.0. The van der Waals surface area contributed by atoms with Crippen LogP contribution in [0.2, 0.25) is 0 Å². The molecule has 10 nitrogen and oxygen atoms in total. The lowest BCUT2D eigenvalue weighted by Crippen LogP contribution is -2.37. The number of carbonyl (C=O) groups is 6. The van der Waals surface area contributed by atoms with E-state index in [1.165, 1.54) is 0 Å². The summed E-state index contributed by atoms with van der Waals surface area (Å²) >= 11 is 0. The molecule has 2 atom stereocenters. The molecule has 2 unspecified atom stereocenters. The van der Waals surface area contributed by atoms with Crippen LogP contribution in [-0.4, -0.2) is 58.8 Å². The molecule has 0 spiro atoms. The monoisotopic (exact) mass is 396 g/mol. The Hall–Kier alpha value is -2.78. The summed E-state index contributed by atoms with van der Waals surface area (Å²) < 4.78 is 9.88. The van der Waals surface area contributed by atoms with Crippen LogP contribution in [0.1, 0.15) is 52.4 Å². The van der Waals surface area contributed by atoms with Gasteiger partial charge in [-0.25, -0.2) is 9.59 Å². The van der Waals surface area contributed by atoms with Crippen LogP contribution in [0.3, 0.4) is 0 Å². The SMILES string of the molecule is CC1CC(=O)N(C(=O)OCCCCCCOC(=O)N2C(=O)CC(C)C2=O)C1=O. The Morgan fingerprint density at radius 1 is 0.750 bits per heavy atom. The van der Waals surface area contributed by atoms with E-state index in [0.29, 0.717) is 35.5 Å². The van der Waals surface area contributed by atoms with Crippen molar-refractivity contribution in [3.05, 3.63) is 0 Å². The summed E-state index contributed by atoms with van der Waals surface area (Å²) in [5, 5.41) is 0. The number of carbonyl (C=O) groups excluding carboxylic acids is 6. The highest BCUT2D eigenvalue weighted by Crippen LogP contribution is 2.20. The van der Waals surface area contributed by atoms with Crippen molar-refractivity contribution in [1.82, 2.24) is 9.80 Å². The molecule has 0 aromatic carbocycles. The molecule has 0 aliphatic carbocycles. The van der Waals surface area contributed by atoms with E-state index < -0.39 is 47.7 Å². The van der Waals surface area contributed by atoms with Crippen molar-refractivity contribution in [2.24, 2.45) is 11.8 Å². The first-order valence-corrected chi connectivity index (χ1v) is 9.31. The van der Waals surface area contributed by atoms with Crippen molar-refractivity contribution in [2.75, 3.05) is 13.2 Å². The molecule has 2 aliphatic heterocycles. The van der Waals surface area contributed by atoms with Gasteiger partial charge in [0.05, 0.1) is 13.2 Å². The summed E-state index contributed by atoms with van der Waals surface area (Å²) in [6.07, 6.45) is 0.520. The van der Waals surface area contributed by atoms with Gasteiger partial charge >= 0.3 is 12.2 Å². The second-order valence-corrected chi connectivity index (χ2v) is 6.99. The number of ether oxygens (including phenoxy) is 2. The molecule has 2 heterocycles. The van der Waals surface area contributed by atoms with Crippen LogP contribution in [0.25, 0.3) is 0 Å². The van der Waals surface area contributed by atoms with Crippen LogP contribution < -0.4 is 0 Å². The van der Waals surface area contributed by atoms with Gasteiger partial charge in [0.2, 0.25) is 23.6 Å². The molecule has 0 radical (unpaired) electrons. The number of nitrogens with zero attached hydrogens (tertiary/aromatic N) is 2. The molecule has 28 heavy (non-hydrogen) atoms. The molecular formula is C18H24N2O8. The lowest BCUT2D eigenvalue weighted by Gasteiger charge is -2.13. The molecule has 0 aromatic rings. The standard InChI is InChI=1S/C18H24N2O8/c1-11-9-13(21)19(15(11)23)17(25)27-7-5-3-4-6-8-28-18(26)20-14(22)10-12(2)16(20)24/h11-12H,3-10H2,1-2H3. The third-order valence-electron chi connectivity index (χ3n) is 4.60. The first kappa shape index (κ1) is 21.5. The van der Waals surface area contributed by atoms with Crippen LogP contribution in [0.5, 0.6) is 0 Å². The zero-order chi connectivity index (χ0) is 20.8. The maximum absolute atomic E-state index is 11.8. The zero-order valence-corrected chi connectivity index (χ0v) is 16.0. The molecule has 10 heteroatoms. The largest absolute Gasteiger partial charge is 0.449 e. The van der Waals surface area contributed by atoms with Gasteiger partial charge < -0.3 is 9.47 Å². The van der Waals surface area contributed by atoms with Crippen molar-refractivity contribution < 1.29 is 38.2 Å². The fraction of sp³-hybridized carbons (Fsp3) is 0.667. The molecule has 0 saturated carbocycles. The molecule has 2 saturated heterocycles. The third-order valence-corrected chi connectivity index (χ3v) is 4.60. The Labute approximate surface area is 162 Å². The van der Waals surface area contributed by atoms with Gasteiger partial charge in [0.25, 0.3) is 0 Å². The van der Waals surface area contributed by atoms with Gasteiger partial charge in [0.15, 0.2) is 0 Å². The summed E-state index contributed by atoms with van der Waals surface area (Å²) in [5.41, 5.74) is 0. The molecule has 2 aliphatic rings. The minimum absolute atomic E-state index is 0.0141. The molecular weight excluding hydrogens is 372 g/mol. The Kier molecular flexibility index (Phi) is 7.24.